The Morgan fingerprint density at radius 3 is 2.87 bits per heavy atom. The number of nitrogen functional groups attached to an aromatic ring is 1. The number of nitrogens with two attached hydrogens (primary N) is 1. The fourth-order valence-electron chi connectivity index (χ4n) is 1.36. The van der Waals surface area contributed by atoms with Crippen molar-refractivity contribution in [3.8, 4) is 0 Å². The predicted octanol–water partition coefficient (Wildman–Crippen LogP) is 1.53. The van der Waals surface area contributed by atoms with Crippen molar-refractivity contribution < 1.29 is 4.74 Å². The van der Waals surface area contributed by atoms with Gasteiger partial charge >= 0.3 is 0 Å². The molecule has 0 fully saturated rings. The molecule has 1 aromatic rings. The largest absolute Gasteiger partial charge is 0.399 e. The first kappa shape index (κ1) is 11.8. The van der Waals surface area contributed by atoms with Gasteiger partial charge in [-0.1, -0.05) is 0 Å². The number of hydrogen-bond donors (Lipinski definition) is 1. The lowest BCUT2D eigenvalue weighted by Gasteiger charge is -2.21. The van der Waals surface area contributed by atoms with E-state index in [1.54, 1.807) is 12.3 Å². The van der Waals surface area contributed by atoms with Crippen molar-refractivity contribution in [2.24, 2.45) is 0 Å². The van der Waals surface area contributed by atoms with Crippen molar-refractivity contribution in [1.29, 1.82) is 0 Å². The minimum Gasteiger partial charge on any atom is -0.399 e. The molecule has 1 heterocycles. The summed E-state index contributed by atoms with van der Waals surface area (Å²) in [7, 11) is 0. The topological polar surface area (TPSA) is 51.4 Å². The molecule has 0 aliphatic rings. The first-order valence-electron chi connectivity index (χ1n) is 5.32. The van der Waals surface area contributed by atoms with Crippen LogP contribution in [-0.2, 0) is 4.74 Å². The summed E-state index contributed by atoms with van der Waals surface area (Å²) in [4.78, 5) is 6.42. The maximum Gasteiger partial charge on any atom is 0.130 e. The van der Waals surface area contributed by atoms with Gasteiger partial charge in [0.2, 0.25) is 0 Å². The van der Waals surface area contributed by atoms with Gasteiger partial charge in [-0.15, -0.1) is 0 Å². The van der Waals surface area contributed by atoms with E-state index < -0.39 is 0 Å². The van der Waals surface area contributed by atoms with Crippen LogP contribution in [0, 0.1) is 0 Å². The van der Waals surface area contributed by atoms with E-state index in [0.717, 1.165) is 37.8 Å². The van der Waals surface area contributed by atoms with Crippen molar-refractivity contribution in [2.75, 3.05) is 36.9 Å². The number of likely N-dealkylation sites (N-methyl/N-ethyl adjacent to an activating group) is 1. The van der Waals surface area contributed by atoms with Gasteiger partial charge in [0, 0.05) is 37.6 Å². The highest BCUT2D eigenvalue weighted by molar-refractivity contribution is 5.50. The van der Waals surface area contributed by atoms with Crippen LogP contribution in [0.3, 0.4) is 0 Å². The van der Waals surface area contributed by atoms with Gasteiger partial charge in [-0.3, -0.25) is 0 Å². The number of hydrogen-bond acceptors (Lipinski definition) is 4. The molecule has 1 rings (SSSR count). The van der Waals surface area contributed by atoms with Crippen molar-refractivity contribution in [3.05, 3.63) is 18.3 Å². The van der Waals surface area contributed by atoms with Gasteiger partial charge in [-0.25, -0.2) is 4.98 Å². The summed E-state index contributed by atoms with van der Waals surface area (Å²) >= 11 is 0. The summed E-state index contributed by atoms with van der Waals surface area (Å²) in [6.07, 6.45) is 1.73. The molecule has 15 heavy (non-hydrogen) atoms. The average Bonchev–Trinajstić information content (AvgIpc) is 2.24. The molecular weight excluding hydrogens is 190 g/mol. The van der Waals surface area contributed by atoms with E-state index in [9.17, 15) is 0 Å². The normalized spacial score (nSPS) is 10.3. The van der Waals surface area contributed by atoms with E-state index >= 15 is 0 Å². The minimum atomic E-state index is 0.723. The molecule has 0 saturated carbocycles. The Hall–Kier alpha value is -1.29. The standard InChI is InChI=1S/C11H19N3O/c1-3-14(7-8-15-4-2)11-9-10(12)5-6-13-11/h5-6,9H,3-4,7-8H2,1-2H3,(H2,12,13). The molecule has 1 aromatic heterocycles. The third kappa shape index (κ3) is 3.75. The lowest BCUT2D eigenvalue weighted by Crippen LogP contribution is -2.28. The van der Waals surface area contributed by atoms with Crippen LogP contribution in [0.15, 0.2) is 18.3 Å². The molecule has 2 N–H and O–H groups in total. The summed E-state index contributed by atoms with van der Waals surface area (Å²) in [5.41, 5.74) is 6.45. The van der Waals surface area contributed by atoms with Crippen molar-refractivity contribution in [3.63, 3.8) is 0 Å². The van der Waals surface area contributed by atoms with E-state index in [1.165, 1.54) is 0 Å². The van der Waals surface area contributed by atoms with Gasteiger partial charge in [0.1, 0.15) is 5.82 Å². The summed E-state index contributed by atoms with van der Waals surface area (Å²) in [5.74, 6) is 0.914. The number of nitrogens with zero attached hydrogens (tertiary/aromatic N) is 2. The van der Waals surface area contributed by atoms with Crippen molar-refractivity contribution in [2.45, 2.75) is 13.8 Å². The molecule has 0 radical (unpaired) electrons. The molecular formula is C11H19N3O. The summed E-state index contributed by atoms with van der Waals surface area (Å²) in [6.45, 7) is 7.32. The molecule has 0 spiro atoms. The Bertz CT molecular complexity index is 291. The van der Waals surface area contributed by atoms with Crippen LogP contribution in [0.25, 0.3) is 0 Å². The highest BCUT2D eigenvalue weighted by Crippen LogP contribution is 2.13. The number of anilines is 2. The maximum atomic E-state index is 5.71. The molecule has 0 aliphatic carbocycles. The van der Waals surface area contributed by atoms with Crippen LogP contribution in [0.1, 0.15) is 13.8 Å². The minimum absolute atomic E-state index is 0.723. The van der Waals surface area contributed by atoms with Gasteiger partial charge in [0.05, 0.1) is 6.61 Å². The van der Waals surface area contributed by atoms with E-state index in [4.69, 9.17) is 10.5 Å². The third-order valence-electron chi connectivity index (χ3n) is 2.18. The average molecular weight is 209 g/mol. The van der Waals surface area contributed by atoms with Crippen molar-refractivity contribution >= 4 is 11.5 Å². The molecule has 0 amide bonds. The highest BCUT2D eigenvalue weighted by Gasteiger charge is 2.04. The van der Waals surface area contributed by atoms with Crippen LogP contribution in [0.5, 0.6) is 0 Å². The second-order valence-corrected chi connectivity index (χ2v) is 3.22. The maximum absolute atomic E-state index is 5.71. The summed E-state index contributed by atoms with van der Waals surface area (Å²) in [6, 6.07) is 3.68. The smallest absolute Gasteiger partial charge is 0.130 e. The zero-order valence-electron chi connectivity index (χ0n) is 9.44. The summed E-state index contributed by atoms with van der Waals surface area (Å²) < 4.78 is 5.32. The van der Waals surface area contributed by atoms with Gasteiger partial charge in [-0.05, 0) is 19.9 Å². The molecule has 0 aliphatic heterocycles. The van der Waals surface area contributed by atoms with Gasteiger partial charge in [0.15, 0.2) is 0 Å². The fraction of sp³-hybridized carbons (Fsp3) is 0.545. The second-order valence-electron chi connectivity index (χ2n) is 3.22. The monoisotopic (exact) mass is 209 g/mol. The van der Waals surface area contributed by atoms with Crippen LogP contribution < -0.4 is 10.6 Å². The lowest BCUT2D eigenvalue weighted by atomic mass is 10.3. The van der Waals surface area contributed by atoms with E-state index in [2.05, 4.69) is 16.8 Å². The number of aromatic nitrogens is 1. The quantitative estimate of drug-likeness (QED) is 0.722. The third-order valence-corrected chi connectivity index (χ3v) is 2.18. The number of pyridine rings is 1. The lowest BCUT2D eigenvalue weighted by molar-refractivity contribution is 0.154. The molecule has 0 aromatic carbocycles. The second kappa shape index (κ2) is 6.24. The Labute approximate surface area is 91.1 Å². The first-order valence-corrected chi connectivity index (χ1v) is 5.32. The van der Waals surface area contributed by atoms with E-state index in [0.29, 0.717) is 0 Å². The van der Waals surface area contributed by atoms with E-state index in [1.807, 2.05) is 13.0 Å². The molecule has 84 valence electrons. The van der Waals surface area contributed by atoms with Gasteiger partial charge in [-0.2, -0.15) is 0 Å². The zero-order chi connectivity index (χ0) is 11.1. The fourth-order valence-corrected chi connectivity index (χ4v) is 1.36. The molecule has 0 unspecified atom stereocenters. The molecule has 4 nitrogen and oxygen atoms in total. The zero-order valence-corrected chi connectivity index (χ0v) is 9.44. The molecule has 0 atom stereocenters. The first-order chi connectivity index (χ1) is 7.27. The number of ether oxygens (including phenoxy) is 1. The molecule has 4 heteroatoms. The SMILES string of the molecule is CCOCCN(CC)c1cc(N)ccn1. The Balaban J connectivity index is 2.57. The van der Waals surface area contributed by atoms with Crippen LogP contribution in [-0.4, -0.2) is 31.3 Å². The molecule has 0 saturated heterocycles. The Morgan fingerprint density at radius 1 is 1.47 bits per heavy atom. The Morgan fingerprint density at radius 2 is 2.27 bits per heavy atom. The Kier molecular flexibility index (Phi) is 4.90. The van der Waals surface area contributed by atoms with Gasteiger partial charge in [0.25, 0.3) is 0 Å². The predicted molar refractivity (Wildman–Crippen MR) is 63.0 cm³/mol. The van der Waals surface area contributed by atoms with Crippen LogP contribution in [0.2, 0.25) is 0 Å². The summed E-state index contributed by atoms with van der Waals surface area (Å²) in [5, 5.41) is 0. The van der Waals surface area contributed by atoms with Crippen molar-refractivity contribution in [1.82, 2.24) is 4.98 Å². The molecule has 0 bridgehead atoms. The highest BCUT2D eigenvalue weighted by atomic mass is 16.5. The van der Waals surface area contributed by atoms with Crippen LogP contribution >= 0.6 is 0 Å². The van der Waals surface area contributed by atoms with Gasteiger partial charge < -0.3 is 15.4 Å². The van der Waals surface area contributed by atoms with E-state index in [-0.39, 0.29) is 0 Å². The number of rotatable bonds is 6. The van der Waals surface area contributed by atoms with Crippen LogP contribution in [0.4, 0.5) is 11.5 Å².